The minimum absolute atomic E-state index is 0.000463. The van der Waals surface area contributed by atoms with Crippen molar-refractivity contribution in [1.82, 2.24) is 4.90 Å². The van der Waals surface area contributed by atoms with E-state index in [9.17, 15) is 9.90 Å². The normalized spacial score (nSPS) is 35.7. The van der Waals surface area contributed by atoms with Gasteiger partial charge in [-0.3, -0.25) is 0 Å². The summed E-state index contributed by atoms with van der Waals surface area (Å²) < 4.78 is 5.47. The highest BCUT2D eigenvalue weighted by Gasteiger charge is 2.50. The van der Waals surface area contributed by atoms with Gasteiger partial charge in [0.05, 0.1) is 12.1 Å². The minimum atomic E-state index is -0.486. The second-order valence-corrected chi connectivity index (χ2v) is 6.98. The summed E-state index contributed by atoms with van der Waals surface area (Å²) in [5.74, 6) is 0. The van der Waals surface area contributed by atoms with E-state index in [2.05, 4.69) is 0 Å². The smallest absolute Gasteiger partial charge is 0.410 e. The molecule has 1 atom stereocenters. The van der Waals surface area contributed by atoms with E-state index in [4.69, 9.17) is 10.5 Å². The summed E-state index contributed by atoms with van der Waals surface area (Å²) in [7, 11) is 0. The summed E-state index contributed by atoms with van der Waals surface area (Å²) in [5.41, 5.74) is 5.43. The highest BCUT2D eigenvalue weighted by Crippen LogP contribution is 2.39. The van der Waals surface area contributed by atoms with Crippen LogP contribution in [0, 0.1) is 0 Å². The van der Waals surface area contributed by atoms with Gasteiger partial charge in [-0.25, -0.2) is 4.79 Å². The van der Waals surface area contributed by atoms with E-state index >= 15 is 0 Å². The predicted molar refractivity (Wildman–Crippen MR) is 72.7 cm³/mol. The Labute approximate surface area is 115 Å². The van der Waals surface area contributed by atoms with Crippen molar-refractivity contribution >= 4 is 6.09 Å². The number of nitrogens with zero attached hydrogens (tertiary/aromatic N) is 1. The maximum absolute atomic E-state index is 12.3. The number of piperidine rings is 1. The number of hydrogen-bond acceptors (Lipinski definition) is 4. The lowest BCUT2D eigenvalue weighted by molar-refractivity contribution is -0.0501. The average molecular weight is 270 g/mol. The van der Waals surface area contributed by atoms with Gasteiger partial charge in [0.15, 0.2) is 0 Å². The minimum Gasteiger partial charge on any atom is -0.444 e. The molecule has 1 aliphatic carbocycles. The number of carbonyl (C=O) groups excluding carboxylic acids is 1. The molecule has 1 amide bonds. The molecule has 0 aromatic rings. The van der Waals surface area contributed by atoms with Gasteiger partial charge in [-0.15, -0.1) is 0 Å². The van der Waals surface area contributed by atoms with E-state index in [0.29, 0.717) is 19.4 Å². The van der Waals surface area contributed by atoms with Crippen LogP contribution >= 0.6 is 0 Å². The number of rotatable bonds is 1. The lowest BCUT2D eigenvalue weighted by Gasteiger charge is -2.52. The van der Waals surface area contributed by atoms with Crippen molar-refractivity contribution in [3.8, 4) is 0 Å². The first-order chi connectivity index (χ1) is 8.71. The van der Waals surface area contributed by atoms with Crippen molar-refractivity contribution < 1.29 is 14.6 Å². The van der Waals surface area contributed by atoms with Crippen molar-refractivity contribution in [2.45, 2.75) is 76.2 Å². The fourth-order valence-corrected chi connectivity index (χ4v) is 3.16. The van der Waals surface area contributed by atoms with Gasteiger partial charge in [0.1, 0.15) is 5.60 Å². The SMILES string of the molecule is CC(C)(C)OC(=O)N1CCCCC1C1(N)CC(O)C1. The van der Waals surface area contributed by atoms with E-state index in [1.807, 2.05) is 20.8 Å². The number of aliphatic hydroxyl groups is 1. The summed E-state index contributed by atoms with van der Waals surface area (Å²) in [6, 6.07) is -0.000463. The Balaban J connectivity index is 2.06. The topological polar surface area (TPSA) is 75.8 Å². The van der Waals surface area contributed by atoms with E-state index in [-0.39, 0.29) is 18.2 Å². The molecule has 0 aromatic heterocycles. The molecule has 0 bridgehead atoms. The molecule has 0 spiro atoms. The van der Waals surface area contributed by atoms with E-state index < -0.39 is 11.1 Å². The molecule has 0 radical (unpaired) electrons. The Morgan fingerprint density at radius 3 is 2.53 bits per heavy atom. The fraction of sp³-hybridized carbons (Fsp3) is 0.929. The first-order valence-electron chi connectivity index (χ1n) is 7.18. The molecule has 1 heterocycles. The summed E-state index contributed by atoms with van der Waals surface area (Å²) >= 11 is 0. The third-order valence-corrected chi connectivity index (χ3v) is 4.03. The van der Waals surface area contributed by atoms with Crippen LogP contribution in [0.4, 0.5) is 4.79 Å². The van der Waals surface area contributed by atoms with Gasteiger partial charge < -0.3 is 20.5 Å². The quantitative estimate of drug-likeness (QED) is 0.759. The average Bonchev–Trinajstić information content (AvgIpc) is 2.25. The lowest BCUT2D eigenvalue weighted by atomic mass is 9.67. The highest BCUT2D eigenvalue weighted by molar-refractivity contribution is 5.69. The van der Waals surface area contributed by atoms with Crippen molar-refractivity contribution in [3.05, 3.63) is 0 Å². The number of aliphatic hydroxyl groups excluding tert-OH is 1. The molecule has 0 aromatic carbocycles. The zero-order chi connectivity index (χ0) is 14.3. The van der Waals surface area contributed by atoms with Crippen LogP contribution in [-0.4, -0.2) is 45.9 Å². The van der Waals surface area contributed by atoms with Crippen LogP contribution in [0.2, 0.25) is 0 Å². The lowest BCUT2D eigenvalue weighted by Crippen LogP contribution is -2.68. The second kappa shape index (κ2) is 4.94. The number of carbonyl (C=O) groups is 1. The Hall–Kier alpha value is -0.810. The molecule has 2 rings (SSSR count). The van der Waals surface area contributed by atoms with Gasteiger partial charge in [0.25, 0.3) is 0 Å². The largest absolute Gasteiger partial charge is 0.444 e. The molecule has 110 valence electrons. The third kappa shape index (κ3) is 3.20. The van der Waals surface area contributed by atoms with Gasteiger partial charge >= 0.3 is 6.09 Å². The van der Waals surface area contributed by atoms with Crippen LogP contribution in [0.25, 0.3) is 0 Å². The summed E-state index contributed by atoms with van der Waals surface area (Å²) in [6.45, 7) is 6.31. The van der Waals surface area contributed by atoms with Crippen LogP contribution in [0.15, 0.2) is 0 Å². The molecule has 3 N–H and O–H groups in total. The third-order valence-electron chi connectivity index (χ3n) is 4.03. The molecule has 5 heteroatoms. The Morgan fingerprint density at radius 1 is 1.37 bits per heavy atom. The van der Waals surface area contributed by atoms with E-state index in [1.54, 1.807) is 4.90 Å². The van der Waals surface area contributed by atoms with Crippen molar-refractivity contribution in [2.75, 3.05) is 6.54 Å². The molecule has 1 aliphatic heterocycles. The van der Waals surface area contributed by atoms with Crippen LogP contribution in [-0.2, 0) is 4.74 Å². The Morgan fingerprint density at radius 2 is 2.00 bits per heavy atom. The standard InChI is InChI=1S/C14H26N2O3/c1-13(2,3)19-12(18)16-7-5-4-6-11(16)14(15)8-10(17)9-14/h10-11,17H,4-9,15H2,1-3H3. The zero-order valence-electron chi connectivity index (χ0n) is 12.2. The molecule has 19 heavy (non-hydrogen) atoms. The Kier molecular flexibility index (Phi) is 3.80. The van der Waals surface area contributed by atoms with Crippen LogP contribution < -0.4 is 5.73 Å². The zero-order valence-corrected chi connectivity index (χ0v) is 12.2. The molecular formula is C14H26N2O3. The van der Waals surface area contributed by atoms with E-state index in [1.165, 1.54) is 0 Å². The highest BCUT2D eigenvalue weighted by atomic mass is 16.6. The van der Waals surface area contributed by atoms with Crippen molar-refractivity contribution in [1.29, 1.82) is 0 Å². The molecule has 5 nitrogen and oxygen atoms in total. The number of hydrogen-bond donors (Lipinski definition) is 2. The molecule has 2 fully saturated rings. The summed E-state index contributed by atoms with van der Waals surface area (Å²) in [4.78, 5) is 14.1. The van der Waals surface area contributed by atoms with Gasteiger partial charge in [0.2, 0.25) is 0 Å². The first-order valence-corrected chi connectivity index (χ1v) is 7.18. The number of likely N-dealkylation sites (tertiary alicyclic amines) is 1. The summed E-state index contributed by atoms with van der Waals surface area (Å²) in [5, 5.41) is 9.51. The fourth-order valence-electron chi connectivity index (χ4n) is 3.16. The number of nitrogens with two attached hydrogens (primary N) is 1. The van der Waals surface area contributed by atoms with Gasteiger partial charge in [-0.05, 0) is 52.9 Å². The van der Waals surface area contributed by atoms with Gasteiger partial charge in [-0.2, -0.15) is 0 Å². The van der Waals surface area contributed by atoms with Gasteiger partial charge in [0, 0.05) is 12.1 Å². The molecule has 2 aliphatic rings. The number of ether oxygens (including phenoxy) is 1. The molecule has 1 saturated carbocycles. The predicted octanol–water partition coefficient (Wildman–Crippen LogP) is 1.63. The van der Waals surface area contributed by atoms with E-state index in [0.717, 1.165) is 19.3 Å². The van der Waals surface area contributed by atoms with Gasteiger partial charge in [-0.1, -0.05) is 0 Å². The number of amides is 1. The van der Waals surface area contributed by atoms with Crippen LogP contribution in [0.1, 0.15) is 52.9 Å². The first kappa shape index (κ1) is 14.6. The maximum atomic E-state index is 12.3. The maximum Gasteiger partial charge on any atom is 0.410 e. The van der Waals surface area contributed by atoms with Crippen molar-refractivity contribution in [3.63, 3.8) is 0 Å². The van der Waals surface area contributed by atoms with Crippen LogP contribution in [0.5, 0.6) is 0 Å². The Bertz CT molecular complexity index is 345. The summed E-state index contributed by atoms with van der Waals surface area (Å²) in [6.07, 6.45) is 3.56. The molecule has 1 unspecified atom stereocenters. The van der Waals surface area contributed by atoms with Crippen LogP contribution in [0.3, 0.4) is 0 Å². The van der Waals surface area contributed by atoms with Crippen molar-refractivity contribution in [2.24, 2.45) is 5.73 Å². The molecular weight excluding hydrogens is 244 g/mol. The monoisotopic (exact) mass is 270 g/mol. The second-order valence-electron chi connectivity index (χ2n) is 6.98. The molecule has 1 saturated heterocycles.